The van der Waals surface area contributed by atoms with Crippen LogP contribution in [0.5, 0.6) is 0 Å². The molecule has 0 atom stereocenters. The Balaban J connectivity index is 0.617. The summed E-state index contributed by atoms with van der Waals surface area (Å²) in [5.74, 6) is -0.136. The van der Waals surface area contributed by atoms with Gasteiger partial charge in [0.1, 0.15) is 28.2 Å². The molecule has 0 unspecified atom stereocenters. The highest BCUT2D eigenvalue weighted by Crippen LogP contribution is 2.42. The Morgan fingerprint density at radius 2 is 0.536 bits per heavy atom. The zero-order chi connectivity index (χ0) is 76.1. The van der Waals surface area contributed by atoms with Gasteiger partial charge < -0.3 is 30.0 Å². The van der Waals surface area contributed by atoms with Gasteiger partial charge in [0, 0.05) is 179 Å². The summed E-state index contributed by atoms with van der Waals surface area (Å²) in [5, 5.41) is 23.2. The van der Waals surface area contributed by atoms with E-state index in [9.17, 15) is 10.2 Å². The number of pyridine rings is 4. The second-order valence-electron chi connectivity index (χ2n) is 28.7. The van der Waals surface area contributed by atoms with E-state index in [1.807, 2.05) is 144 Å². The summed E-state index contributed by atoms with van der Waals surface area (Å²) in [7, 11) is 12.1. The molecule has 0 saturated heterocycles. The van der Waals surface area contributed by atoms with Crippen LogP contribution in [0.15, 0.2) is 384 Å². The van der Waals surface area contributed by atoms with Crippen molar-refractivity contribution in [3.63, 3.8) is 0 Å². The molecule has 0 aliphatic carbocycles. The number of aliphatic imine (C=N–C) groups is 8. The van der Waals surface area contributed by atoms with Crippen LogP contribution in [-0.2, 0) is 28.2 Å². The van der Waals surface area contributed by atoms with Crippen LogP contribution in [0.1, 0.15) is 80.1 Å². The van der Waals surface area contributed by atoms with Gasteiger partial charge in [-0.25, -0.2) is 48.2 Å². The summed E-state index contributed by atoms with van der Waals surface area (Å²) in [5.41, 5.74) is 29.1. The third-order valence-electron chi connectivity index (χ3n) is 20.9. The molecule has 18 nitrogen and oxygen atoms in total. The van der Waals surface area contributed by atoms with E-state index >= 15 is 0 Å². The summed E-state index contributed by atoms with van der Waals surface area (Å²) in [4.78, 5) is 53.7. The van der Waals surface area contributed by atoms with E-state index in [0.717, 1.165) is 180 Å². The van der Waals surface area contributed by atoms with Crippen molar-refractivity contribution in [2.75, 3.05) is 27.2 Å². The van der Waals surface area contributed by atoms with E-state index in [-0.39, 0.29) is 11.8 Å². The number of rotatable bonds is 13. The Kier molecular flexibility index (Phi) is 18.1. The summed E-state index contributed by atoms with van der Waals surface area (Å²) in [6.07, 6.45) is 59.3. The van der Waals surface area contributed by atoms with Crippen molar-refractivity contribution in [1.82, 2.24) is 19.8 Å². The van der Waals surface area contributed by atoms with Crippen LogP contribution in [0.2, 0.25) is 0 Å². The number of aromatic nitrogens is 6. The largest absolute Gasteiger partial charge is 0.493 e. The maximum atomic E-state index is 11.6. The topological polar surface area (TPSA) is 193 Å². The molecule has 4 N–H and O–H groups in total. The third-order valence-corrected chi connectivity index (χ3v) is 20.9. The fraction of sp³-hybridized carbons (Fsp3) is 0.106. The zero-order valence-electron chi connectivity index (χ0n) is 62.7. The second kappa shape index (κ2) is 29.2. The molecule has 18 heteroatoms. The Morgan fingerprint density at radius 1 is 0.295 bits per heavy atom. The molecule has 0 fully saturated rings. The van der Waals surface area contributed by atoms with Gasteiger partial charge in [-0.15, -0.1) is 0 Å². The molecular weight excluding hydrogens is 1390 g/mol. The molecule has 18 rings (SSSR count). The van der Waals surface area contributed by atoms with Crippen molar-refractivity contribution in [3.8, 4) is 0 Å². The fourth-order valence-corrected chi connectivity index (χ4v) is 15.0. The van der Waals surface area contributed by atoms with Crippen LogP contribution in [0.3, 0.4) is 0 Å². The quantitative estimate of drug-likeness (QED) is 0.0386. The van der Waals surface area contributed by atoms with Gasteiger partial charge in [-0.2, -0.15) is 0 Å². The number of nitrogens with zero attached hydrogens (tertiary/aromatic N) is 14. The molecule has 6 aromatic heterocycles. The summed E-state index contributed by atoms with van der Waals surface area (Å²) >= 11 is 0. The standard InChI is InChI=1S/C94H76N16O2/c1-105-47-33-61(34-48-105)87-73-21-17-69(97-73)85(70-18-22-74(98-70)88(62-35-49-106(2)50-36-62)78-26-30-82(102-78)91(81-29-25-77(87)101-81)65-41-55-109(5)56-42-65)59-9-13-67(14-10-59)93(111)95-45-7-8-46-96-94(112)68-15-11-60(12-16-68)86-71-19-23-75(99-71)89(63-37-51-107(3)52-38-63)79-27-31-83(103-79)92(66-43-57-110(6)58-44-66)84-32-28-80(104-84)90(76-24-20-72(86)100-76)64-39-53-108(4)54-40-64/h9-44,47-58H,7-8,45-46H2,1-6H3,(H2-2,95,96,97,98,99,100,101,102,103,104,111,112)/q+2/p+2. The SMILES string of the molecule is CN1C=CC(=C2C3=NC(=C(c4cc[n+](C)cc4)C4=NC(=C(c5cc[n+](C)cc5)c5ccc([nH]5)C(c5ccc(C(O)=NCCCCN=C(O)c6ccc(C7=C8C=CC(=N8)C(c8cc[n+](C)cc8)=C8C=CC(=N8)C(c8cc[n+](C)cc8)=C8C=CC(=N8)C(=C8C=CN(C)C=C8)c8ccc7[nH]8)cc6)cc5)=C5C=CC2=N5)C=C4)C=C3)C=C1. The van der Waals surface area contributed by atoms with Crippen LogP contribution >= 0.6 is 0 Å². The first-order chi connectivity index (χ1) is 54.7. The molecule has 542 valence electrons. The highest BCUT2D eigenvalue weighted by Gasteiger charge is 2.31. The minimum Gasteiger partial charge on any atom is -0.493 e. The zero-order valence-corrected chi connectivity index (χ0v) is 62.7. The lowest BCUT2D eigenvalue weighted by Gasteiger charge is -2.16. The third kappa shape index (κ3) is 13.6. The van der Waals surface area contributed by atoms with Crippen molar-refractivity contribution in [2.24, 2.45) is 68.1 Å². The number of aliphatic hydroxyl groups excluding tert-OH is 2. The number of aliphatic hydroxyl groups is 2. The predicted molar refractivity (Wildman–Crippen MR) is 447 cm³/mol. The van der Waals surface area contributed by atoms with Crippen LogP contribution in [0.25, 0.3) is 39.0 Å². The Labute approximate surface area is 648 Å². The Hall–Kier alpha value is -14.5. The lowest BCUT2D eigenvalue weighted by atomic mass is 9.97. The fourth-order valence-electron chi connectivity index (χ4n) is 15.0. The van der Waals surface area contributed by atoms with Gasteiger partial charge in [-0.05, 0) is 203 Å². The molecule has 0 spiro atoms. The molecule has 10 aliphatic rings. The van der Waals surface area contributed by atoms with Gasteiger partial charge in [-0.3, -0.25) is 9.98 Å². The van der Waals surface area contributed by atoms with E-state index in [1.54, 1.807) is 0 Å². The number of nitrogens with one attached hydrogen (secondary N) is 2. The van der Waals surface area contributed by atoms with Crippen LogP contribution in [-0.4, -0.2) is 103 Å². The number of aromatic amines is 2. The summed E-state index contributed by atoms with van der Waals surface area (Å²) < 4.78 is 8.10. The number of hydrogen-bond donors (Lipinski definition) is 4. The molecule has 2 aromatic carbocycles. The van der Waals surface area contributed by atoms with Crippen molar-refractivity contribution >= 4 is 85.1 Å². The van der Waals surface area contributed by atoms with Crippen molar-refractivity contribution in [1.29, 1.82) is 0 Å². The van der Waals surface area contributed by atoms with Crippen LogP contribution < -0.4 is 18.3 Å². The minimum absolute atomic E-state index is 0.0678. The van der Waals surface area contributed by atoms with Gasteiger partial charge in [0.15, 0.2) is 49.6 Å². The average Bonchev–Trinajstić information content (AvgIpc) is 1.61. The molecule has 10 aliphatic heterocycles. The first-order valence-corrected chi connectivity index (χ1v) is 37.4. The number of unbranched alkanes of at least 4 members (excludes halogenated alkanes) is 1. The predicted octanol–water partition coefficient (Wildman–Crippen LogP) is 14.3. The number of H-pyrrole nitrogens is 2. The lowest BCUT2D eigenvalue weighted by Crippen LogP contribution is -2.26. The molecule has 112 heavy (non-hydrogen) atoms. The van der Waals surface area contributed by atoms with Crippen molar-refractivity contribution < 1.29 is 28.5 Å². The van der Waals surface area contributed by atoms with Gasteiger partial charge in [0.2, 0.25) is 11.8 Å². The number of hydrogen-bond acceptors (Lipinski definition) is 10. The van der Waals surface area contributed by atoms with E-state index in [0.29, 0.717) is 37.1 Å². The number of allylic oxidation sites excluding steroid dienone is 23. The average molecular weight is 1460 g/mol. The van der Waals surface area contributed by atoms with Gasteiger partial charge in [0.05, 0.1) is 68.5 Å². The minimum atomic E-state index is -0.0678. The van der Waals surface area contributed by atoms with E-state index in [1.165, 1.54) is 0 Å². The smallest absolute Gasteiger partial charge is 0.213 e. The lowest BCUT2D eigenvalue weighted by molar-refractivity contribution is -0.671. The van der Waals surface area contributed by atoms with Gasteiger partial charge in [-0.1, -0.05) is 24.3 Å². The summed E-state index contributed by atoms with van der Waals surface area (Å²) in [6, 6.07) is 41.0. The number of aryl methyl sites for hydroxylation is 4. The first-order valence-electron chi connectivity index (χ1n) is 37.4. The molecule has 0 amide bonds. The molecule has 0 radical (unpaired) electrons. The van der Waals surface area contributed by atoms with Gasteiger partial charge in [0.25, 0.3) is 0 Å². The van der Waals surface area contributed by atoms with E-state index in [4.69, 9.17) is 30.0 Å². The first kappa shape index (κ1) is 69.2. The van der Waals surface area contributed by atoms with Crippen molar-refractivity contribution in [2.45, 2.75) is 12.8 Å². The monoisotopic (exact) mass is 1460 g/mol. The molecule has 0 saturated carbocycles. The van der Waals surface area contributed by atoms with Crippen molar-refractivity contribution in [3.05, 3.63) is 411 Å². The number of fused-ring (bicyclic) bond motifs is 10. The maximum Gasteiger partial charge on any atom is 0.213 e. The van der Waals surface area contributed by atoms with Gasteiger partial charge >= 0.3 is 0 Å². The van der Waals surface area contributed by atoms with E-state index in [2.05, 4.69) is 240 Å². The van der Waals surface area contributed by atoms with Crippen LogP contribution in [0.4, 0.5) is 0 Å². The Morgan fingerprint density at radius 3 is 0.839 bits per heavy atom. The number of benzene rings is 2. The molecular formula is C94H78N16O2+4. The maximum absolute atomic E-state index is 11.6. The highest BCUT2D eigenvalue weighted by atomic mass is 16.3. The second-order valence-corrected chi connectivity index (χ2v) is 28.7. The Bertz CT molecular complexity index is 6200. The molecule has 16 bridgehead atoms. The molecule has 8 aromatic rings. The highest BCUT2D eigenvalue weighted by molar-refractivity contribution is 6.39. The normalized spacial score (nSPS) is 17.7. The summed E-state index contributed by atoms with van der Waals surface area (Å²) in [6.45, 7) is 0.708. The van der Waals surface area contributed by atoms with Crippen LogP contribution in [0, 0.1) is 0 Å². The molecule has 16 heterocycles. The van der Waals surface area contributed by atoms with E-state index < -0.39 is 0 Å².